The molecule has 3 N–H and O–H groups in total. The number of hydrogen-bond donors (Lipinski definition) is 2. The Morgan fingerprint density at radius 1 is 1.67 bits per heavy atom. The standard InChI is InChI=1S/C5H5N3O/c6-5-4(9)2-1-3(2)7-8-5/h1H2,(H2,6,8)(H,7,9). The highest BCUT2D eigenvalue weighted by Gasteiger charge is 2.22. The van der Waals surface area contributed by atoms with Gasteiger partial charge in [0.05, 0.1) is 0 Å². The highest BCUT2D eigenvalue weighted by Crippen LogP contribution is 2.19. The first-order chi connectivity index (χ1) is 4.29. The van der Waals surface area contributed by atoms with Crippen LogP contribution >= 0.6 is 0 Å². The highest BCUT2D eigenvalue weighted by atomic mass is 16.1. The summed E-state index contributed by atoms with van der Waals surface area (Å²) in [6.07, 6.45) is 0.739. The Bertz CT molecular complexity index is 308. The molecule has 0 aliphatic heterocycles. The maximum Gasteiger partial charge on any atom is 0.227 e. The van der Waals surface area contributed by atoms with Crippen molar-refractivity contribution in [3.05, 3.63) is 21.5 Å². The summed E-state index contributed by atoms with van der Waals surface area (Å²) in [5, 5.41) is 6.23. The molecule has 4 heteroatoms. The van der Waals surface area contributed by atoms with Gasteiger partial charge in [-0.05, 0) is 0 Å². The molecule has 0 atom stereocenters. The van der Waals surface area contributed by atoms with Crippen LogP contribution in [0, 0.1) is 0 Å². The molecule has 1 heterocycles. The number of fused-ring (bicyclic) bond motifs is 1. The predicted molar refractivity (Wildman–Crippen MR) is 32.1 cm³/mol. The van der Waals surface area contributed by atoms with Crippen LogP contribution in [0.5, 0.6) is 0 Å². The van der Waals surface area contributed by atoms with Crippen LogP contribution in [0.3, 0.4) is 0 Å². The van der Waals surface area contributed by atoms with Gasteiger partial charge in [-0.25, -0.2) is 0 Å². The molecule has 46 valence electrons. The molecule has 1 aromatic rings. The second kappa shape index (κ2) is 1.15. The molecule has 0 saturated heterocycles. The smallest absolute Gasteiger partial charge is 0.227 e. The third kappa shape index (κ3) is 0.468. The Balaban J connectivity index is 2.85. The summed E-state index contributed by atoms with van der Waals surface area (Å²) in [6.45, 7) is 0. The zero-order chi connectivity index (χ0) is 6.43. The summed E-state index contributed by atoms with van der Waals surface area (Å²) in [4.78, 5) is 10.8. The summed E-state index contributed by atoms with van der Waals surface area (Å²) < 4.78 is 0. The Kier molecular flexibility index (Phi) is 0.582. The van der Waals surface area contributed by atoms with Crippen LogP contribution in [0.4, 0.5) is 5.82 Å². The van der Waals surface area contributed by atoms with E-state index in [2.05, 4.69) is 10.2 Å². The number of rotatable bonds is 0. The van der Waals surface area contributed by atoms with E-state index >= 15 is 0 Å². The fourth-order valence-electron chi connectivity index (χ4n) is 0.790. The molecule has 0 spiro atoms. The van der Waals surface area contributed by atoms with E-state index in [0.717, 1.165) is 17.7 Å². The first-order valence-corrected chi connectivity index (χ1v) is 2.65. The van der Waals surface area contributed by atoms with Crippen molar-refractivity contribution in [1.29, 1.82) is 0 Å². The predicted octanol–water partition coefficient (Wildman–Crippen LogP) is -0.744. The van der Waals surface area contributed by atoms with Gasteiger partial charge in [-0.1, -0.05) is 0 Å². The minimum absolute atomic E-state index is 0.0752. The van der Waals surface area contributed by atoms with Crippen LogP contribution < -0.4 is 11.2 Å². The number of nitrogens with zero attached hydrogens (tertiary/aromatic N) is 1. The Morgan fingerprint density at radius 2 is 2.44 bits per heavy atom. The van der Waals surface area contributed by atoms with E-state index in [4.69, 9.17) is 5.73 Å². The first-order valence-electron chi connectivity index (χ1n) is 2.65. The number of H-pyrrole nitrogens is 1. The van der Waals surface area contributed by atoms with E-state index in [0.29, 0.717) is 0 Å². The topological polar surface area (TPSA) is 71.8 Å². The van der Waals surface area contributed by atoms with Crippen molar-refractivity contribution in [2.45, 2.75) is 6.42 Å². The molecule has 4 nitrogen and oxygen atoms in total. The Morgan fingerprint density at radius 3 is 3.11 bits per heavy atom. The van der Waals surface area contributed by atoms with Crippen molar-refractivity contribution in [1.82, 2.24) is 10.2 Å². The third-order valence-electron chi connectivity index (χ3n) is 1.41. The molecule has 1 aliphatic carbocycles. The minimum atomic E-state index is -0.108. The molecule has 1 aliphatic rings. The fourth-order valence-corrected chi connectivity index (χ4v) is 0.790. The van der Waals surface area contributed by atoms with E-state index < -0.39 is 0 Å². The molecule has 0 amide bonds. The van der Waals surface area contributed by atoms with Crippen LogP contribution in [0.15, 0.2) is 4.79 Å². The van der Waals surface area contributed by atoms with Gasteiger partial charge >= 0.3 is 0 Å². The number of nitrogens with one attached hydrogen (secondary N) is 1. The molecule has 0 aromatic carbocycles. The molecule has 0 bridgehead atoms. The summed E-state index contributed by atoms with van der Waals surface area (Å²) >= 11 is 0. The molecule has 2 rings (SSSR count). The monoisotopic (exact) mass is 123 g/mol. The second-order valence-corrected chi connectivity index (χ2v) is 2.07. The minimum Gasteiger partial charge on any atom is -0.379 e. The van der Waals surface area contributed by atoms with Crippen LogP contribution in [0.1, 0.15) is 11.3 Å². The normalized spacial score (nSPS) is 12.9. The lowest BCUT2D eigenvalue weighted by atomic mass is 10.5. The molecule has 0 saturated carbocycles. The summed E-state index contributed by atoms with van der Waals surface area (Å²) in [6, 6.07) is 0. The van der Waals surface area contributed by atoms with Gasteiger partial charge < -0.3 is 5.73 Å². The largest absolute Gasteiger partial charge is 0.379 e. The number of hydrogen-bond acceptors (Lipinski definition) is 3. The zero-order valence-corrected chi connectivity index (χ0v) is 4.64. The summed E-state index contributed by atoms with van der Waals surface area (Å²) in [5.74, 6) is 0.0752. The lowest BCUT2D eigenvalue weighted by Crippen LogP contribution is -2.09. The average molecular weight is 123 g/mol. The van der Waals surface area contributed by atoms with Crippen LogP contribution in [-0.4, -0.2) is 10.2 Å². The van der Waals surface area contributed by atoms with E-state index in [1.54, 1.807) is 0 Å². The van der Waals surface area contributed by atoms with E-state index in [1.807, 2.05) is 0 Å². The van der Waals surface area contributed by atoms with Crippen molar-refractivity contribution >= 4 is 5.82 Å². The number of nitrogen functional groups attached to an aromatic ring is 1. The molecule has 1 aromatic heterocycles. The van der Waals surface area contributed by atoms with Gasteiger partial charge in [0, 0.05) is 17.7 Å². The number of aromatic nitrogens is 2. The number of nitrogens with two attached hydrogens (primary N) is 1. The lowest BCUT2D eigenvalue weighted by Gasteiger charge is -1.82. The summed E-state index contributed by atoms with van der Waals surface area (Å²) in [7, 11) is 0. The maximum atomic E-state index is 10.8. The number of aromatic amines is 1. The van der Waals surface area contributed by atoms with Crippen molar-refractivity contribution in [2.24, 2.45) is 0 Å². The van der Waals surface area contributed by atoms with Crippen molar-refractivity contribution in [3.8, 4) is 0 Å². The van der Waals surface area contributed by atoms with Crippen molar-refractivity contribution in [3.63, 3.8) is 0 Å². The molecule has 0 radical (unpaired) electrons. The Hall–Kier alpha value is -1.32. The molecule has 0 fully saturated rings. The first kappa shape index (κ1) is 4.55. The van der Waals surface area contributed by atoms with Gasteiger partial charge in [-0.15, -0.1) is 0 Å². The van der Waals surface area contributed by atoms with Gasteiger partial charge in [0.1, 0.15) is 0 Å². The maximum absolute atomic E-state index is 10.8. The van der Waals surface area contributed by atoms with Crippen LogP contribution in [-0.2, 0) is 6.42 Å². The average Bonchev–Trinajstić information content (AvgIpc) is 2.58. The Labute approximate surface area is 50.7 Å². The van der Waals surface area contributed by atoms with Gasteiger partial charge in [0.2, 0.25) is 5.43 Å². The van der Waals surface area contributed by atoms with Crippen LogP contribution in [0.25, 0.3) is 0 Å². The number of anilines is 1. The SMILES string of the molecule is Nc1n[nH]c2c(c1=O)C2. The highest BCUT2D eigenvalue weighted by molar-refractivity contribution is 5.44. The zero-order valence-electron chi connectivity index (χ0n) is 4.64. The van der Waals surface area contributed by atoms with Crippen LogP contribution in [0.2, 0.25) is 0 Å². The fraction of sp³-hybridized carbons (Fsp3) is 0.200. The van der Waals surface area contributed by atoms with E-state index in [1.165, 1.54) is 0 Å². The lowest BCUT2D eigenvalue weighted by molar-refractivity contribution is 1.03. The van der Waals surface area contributed by atoms with Gasteiger partial charge in [-0.2, -0.15) is 5.10 Å². The summed E-state index contributed by atoms with van der Waals surface area (Å²) in [5.41, 5.74) is 6.81. The van der Waals surface area contributed by atoms with Gasteiger partial charge in [0.25, 0.3) is 0 Å². The van der Waals surface area contributed by atoms with Crippen molar-refractivity contribution in [2.75, 3.05) is 5.73 Å². The van der Waals surface area contributed by atoms with Gasteiger partial charge in [-0.3, -0.25) is 9.89 Å². The van der Waals surface area contributed by atoms with Gasteiger partial charge in [0.15, 0.2) is 5.82 Å². The third-order valence-corrected chi connectivity index (χ3v) is 1.41. The molecular weight excluding hydrogens is 118 g/mol. The molecule has 9 heavy (non-hydrogen) atoms. The van der Waals surface area contributed by atoms with Crippen molar-refractivity contribution < 1.29 is 0 Å². The molecular formula is C5H5N3O. The molecule has 0 unspecified atom stereocenters. The van der Waals surface area contributed by atoms with E-state index in [-0.39, 0.29) is 11.2 Å². The quantitative estimate of drug-likeness (QED) is 0.484. The van der Waals surface area contributed by atoms with E-state index in [9.17, 15) is 4.79 Å². The second-order valence-electron chi connectivity index (χ2n) is 2.07.